The van der Waals surface area contributed by atoms with E-state index >= 15 is 0 Å². The molecule has 0 saturated carbocycles. The van der Waals surface area contributed by atoms with Gasteiger partial charge in [0, 0.05) is 6.54 Å². The highest BCUT2D eigenvalue weighted by molar-refractivity contribution is 5.97. The number of hydrogen-bond donors (Lipinski definition) is 0. The van der Waals surface area contributed by atoms with Crippen LogP contribution < -0.4 is 4.74 Å². The molecule has 1 aliphatic heterocycles. The molecule has 4 nitrogen and oxygen atoms in total. The van der Waals surface area contributed by atoms with E-state index in [2.05, 4.69) is 0 Å². The molecule has 3 aromatic rings. The van der Waals surface area contributed by atoms with E-state index in [9.17, 15) is 4.79 Å². The van der Waals surface area contributed by atoms with Crippen molar-refractivity contribution in [3.05, 3.63) is 102 Å². The number of rotatable bonds is 5. The molecule has 4 rings (SSSR count). The molecule has 0 radical (unpaired) electrons. The molecule has 3 aromatic carbocycles. The van der Waals surface area contributed by atoms with E-state index < -0.39 is 0 Å². The maximum absolute atomic E-state index is 13.2. The Balaban J connectivity index is 1.48. The fourth-order valence-corrected chi connectivity index (χ4v) is 3.38. The van der Waals surface area contributed by atoms with E-state index in [0.717, 1.165) is 11.1 Å². The zero-order chi connectivity index (χ0) is 19.2. The molecule has 0 aromatic heterocycles. The van der Waals surface area contributed by atoms with Gasteiger partial charge in [0.05, 0.1) is 18.7 Å². The van der Waals surface area contributed by atoms with Gasteiger partial charge >= 0.3 is 0 Å². The minimum Gasteiger partial charge on any atom is -0.488 e. The summed E-state index contributed by atoms with van der Waals surface area (Å²) in [5.74, 6) is 0.590. The van der Waals surface area contributed by atoms with Gasteiger partial charge in [0.1, 0.15) is 18.5 Å². The summed E-state index contributed by atoms with van der Waals surface area (Å²) in [6.45, 7) is 2.07. The molecule has 1 amide bonds. The fourth-order valence-electron chi connectivity index (χ4n) is 3.38. The molecular formula is C24H23NO3. The van der Waals surface area contributed by atoms with Crippen LogP contribution in [0.25, 0.3) is 0 Å². The highest BCUT2D eigenvalue weighted by atomic mass is 16.5. The van der Waals surface area contributed by atoms with Crippen LogP contribution >= 0.6 is 0 Å². The maximum Gasteiger partial charge on any atom is 0.257 e. The lowest BCUT2D eigenvalue weighted by atomic mass is 10.1. The van der Waals surface area contributed by atoms with Gasteiger partial charge in [-0.3, -0.25) is 4.79 Å². The molecular weight excluding hydrogens is 350 g/mol. The third-order valence-corrected chi connectivity index (χ3v) is 4.88. The molecule has 0 spiro atoms. The Bertz CT molecular complexity index is 911. The second kappa shape index (κ2) is 8.72. The summed E-state index contributed by atoms with van der Waals surface area (Å²) in [6.07, 6.45) is -0.101. The van der Waals surface area contributed by atoms with Crippen molar-refractivity contribution in [2.45, 2.75) is 12.7 Å². The fraction of sp³-hybridized carbons (Fsp3) is 0.208. The predicted molar refractivity (Wildman–Crippen MR) is 108 cm³/mol. The first-order valence-corrected chi connectivity index (χ1v) is 9.53. The van der Waals surface area contributed by atoms with Crippen molar-refractivity contribution in [3.8, 4) is 5.75 Å². The van der Waals surface area contributed by atoms with Crippen LogP contribution in [0.4, 0.5) is 0 Å². The second-order valence-electron chi connectivity index (χ2n) is 6.79. The SMILES string of the molecule is O=C(c1ccccc1OCc1ccccc1)N1CCO[C@H](c2ccccc2)C1. The standard InChI is InChI=1S/C24H23NO3/c26-24(25-15-16-27-23(17-25)20-11-5-2-6-12-20)21-13-7-8-14-22(21)28-18-19-9-3-1-4-10-19/h1-14,23H,15-18H2/t23-/m0/s1. The second-order valence-corrected chi connectivity index (χ2v) is 6.79. The van der Waals surface area contributed by atoms with E-state index in [-0.39, 0.29) is 12.0 Å². The number of carbonyl (C=O) groups is 1. The molecule has 0 aliphatic carbocycles. The van der Waals surface area contributed by atoms with Crippen molar-refractivity contribution in [1.82, 2.24) is 4.90 Å². The van der Waals surface area contributed by atoms with E-state index in [0.29, 0.717) is 37.6 Å². The van der Waals surface area contributed by atoms with Crippen molar-refractivity contribution >= 4 is 5.91 Å². The molecule has 0 bridgehead atoms. The number of morpholine rings is 1. The molecule has 1 heterocycles. The lowest BCUT2D eigenvalue weighted by molar-refractivity contribution is -0.0229. The van der Waals surface area contributed by atoms with Crippen LogP contribution in [0.15, 0.2) is 84.9 Å². The summed E-state index contributed by atoms with van der Waals surface area (Å²) in [5, 5.41) is 0. The quantitative estimate of drug-likeness (QED) is 0.662. The highest BCUT2D eigenvalue weighted by Crippen LogP contribution is 2.26. The largest absolute Gasteiger partial charge is 0.488 e. The number of hydrogen-bond acceptors (Lipinski definition) is 3. The summed E-state index contributed by atoms with van der Waals surface area (Å²) in [6, 6.07) is 27.4. The predicted octanol–water partition coefficient (Wildman–Crippen LogP) is 4.48. The maximum atomic E-state index is 13.2. The lowest BCUT2D eigenvalue weighted by Crippen LogP contribution is -2.42. The molecule has 1 atom stereocenters. The minimum absolute atomic E-state index is 0.0205. The Morgan fingerprint density at radius 3 is 2.39 bits per heavy atom. The summed E-state index contributed by atoms with van der Waals surface area (Å²) in [7, 11) is 0. The van der Waals surface area contributed by atoms with Gasteiger partial charge in [0.2, 0.25) is 0 Å². The molecule has 4 heteroatoms. The minimum atomic E-state index is -0.101. The van der Waals surface area contributed by atoms with E-state index in [1.54, 1.807) is 0 Å². The Morgan fingerprint density at radius 1 is 0.929 bits per heavy atom. The Hall–Kier alpha value is -3.11. The zero-order valence-corrected chi connectivity index (χ0v) is 15.7. The monoisotopic (exact) mass is 373 g/mol. The molecule has 1 fully saturated rings. The molecule has 0 N–H and O–H groups in total. The van der Waals surface area contributed by atoms with Gasteiger partial charge in [-0.2, -0.15) is 0 Å². The van der Waals surface area contributed by atoms with Crippen molar-refractivity contribution < 1.29 is 14.3 Å². The topological polar surface area (TPSA) is 38.8 Å². The number of amides is 1. The van der Waals surface area contributed by atoms with Crippen LogP contribution in [0.2, 0.25) is 0 Å². The van der Waals surface area contributed by atoms with Crippen LogP contribution in [-0.2, 0) is 11.3 Å². The first kappa shape index (κ1) is 18.3. The van der Waals surface area contributed by atoms with Crippen molar-refractivity contribution in [2.75, 3.05) is 19.7 Å². The van der Waals surface area contributed by atoms with Crippen molar-refractivity contribution in [1.29, 1.82) is 0 Å². The van der Waals surface area contributed by atoms with Crippen LogP contribution in [-0.4, -0.2) is 30.5 Å². The van der Waals surface area contributed by atoms with E-state index in [1.165, 1.54) is 0 Å². The number of nitrogens with zero attached hydrogens (tertiary/aromatic N) is 1. The number of carbonyl (C=O) groups excluding carboxylic acids is 1. The third kappa shape index (κ3) is 4.24. The Kier molecular flexibility index (Phi) is 5.69. The number of ether oxygens (including phenoxy) is 2. The average molecular weight is 373 g/mol. The van der Waals surface area contributed by atoms with Crippen LogP contribution in [0.1, 0.15) is 27.6 Å². The molecule has 1 aliphatic rings. The first-order chi connectivity index (χ1) is 13.8. The highest BCUT2D eigenvalue weighted by Gasteiger charge is 2.27. The van der Waals surface area contributed by atoms with Gasteiger partial charge in [-0.15, -0.1) is 0 Å². The number of benzene rings is 3. The molecule has 0 unspecified atom stereocenters. The summed E-state index contributed by atoms with van der Waals surface area (Å²) in [4.78, 5) is 15.1. The molecule has 1 saturated heterocycles. The molecule has 142 valence electrons. The average Bonchev–Trinajstić information content (AvgIpc) is 2.79. The summed E-state index contributed by atoms with van der Waals surface area (Å²) in [5.41, 5.74) is 2.75. The van der Waals surface area contributed by atoms with Gasteiger partial charge in [-0.25, -0.2) is 0 Å². The van der Waals surface area contributed by atoms with Gasteiger partial charge < -0.3 is 14.4 Å². The summed E-state index contributed by atoms with van der Waals surface area (Å²) < 4.78 is 11.9. The number of para-hydroxylation sites is 1. The van der Waals surface area contributed by atoms with Crippen LogP contribution in [0, 0.1) is 0 Å². The van der Waals surface area contributed by atoms with Gasteiger partial charge in [0.25, 0.3) is 5.91 Å². The van der Waals surface area contributed by atoms with Gasteiger partial charge in [0.15, 0.2) is 0 Å². The zero-order valence-electron chi connectivity index (χ0n) is 15.7. The third-order valence-electron chi connectivity index (χ3n) is 4.88. The Morgan fingerprint density at radius 2 is 1.61 bits per heavy atom. The Labute approximate surface area is 165 Å². The smallest absolute Gasteiger partial charge is 0.257 e. The summed E-state index contributed by atoms with van der Waals surface area (Å²) >= 11 is 0. The van der Waals surface area contributed by atoms with Crippen LogP contribution in [0.5, 0.6) is 5.75 Å². The normalized spacial score (nSPS) is 16.6. The lowest BCUT2D eigenvalue weighted by Gasteiger charge is -2.33. The van der Waals surface area contributed by atoms with E-state index in [4.69, 9.17) is 9.47 Å². The first-order valence-electron chi connectivity index (χ1n) is 9.53. The molecule has 28 heavy (non-hydrogen) atoms. The van der Waals surface area contributed by atoms with E-state index in [1.807, 2.05) is 89.8 Å². The van der Waals surface area contributed by atoms with Crippen molar-refractivity contribution in [2.24, 2.45) is 0 Å². The van der Waals surface area contributed by atoms with Crippen molar-refractivity contribution in [3.63, 3.8) is 0 Å². The van der Waals surface area contributed by atoms with Gasteiger partial charge in [-0.1, -0.05) is 72.8 Å². The van der Waals surface area contributed by atoms with Crippen LogP contribution in [0.3, 0.4) is 0 Å². The van der Waals surface area contributed by atoms with Gasteiger partial charge in [-0.05, 0) is 23.3 Å².